The number of methoxy groups -OCH3 is 1. The molecule has 110 valence electrons. The molecule has 0 saturated carbocycles. The normalized spacial score (nSPS) is 16.8. The van der Waals surface area contributed by atoms with Gasteiger partial charge in [-0.2, -0.15) is 0 Å². The molecular formula is C17H18BrNO2. The minimum absolute atomic E-state index is 0.472. The molecule has 3 nitrogen and oxygen atoms in total. The summed E-state index contributed by atoms with van der Waals surface area (Å²) in [5, 5.41) is 3.51. The molecule has 3 rings (SSSR count). The molecule has 2 aromatic carbocycles. The SMILES string of the molecule is COc1cc(Br)cc(NCC2CCOc3ccccc32)c1. The molecule has 0 saturated heterocycles. The number of nitrogens with one attached hydrogen (secondary N) is 1. The van der Waals surface area contributed by atoms with Crippen LogP contribution in [-0.4, -0.2) is 20.3 Å². The molecule has 1 heterocycles. The minimum atomic E-state index is 0.472. The van der Waals surface area contributed by atoms with Gasteiger partial charge in [0.05, 0.1) is 13.7 Å². The summed E-state index contributed by atoms with van der Waals surface area (Å²) in [4.78, 5) is 0. The number of benzene rings is 2. The number of rotatable bonds is 4. The number of hydrogen-bond acceptors (Lipinski definition) is 3. The maximum atomic E-state index is 5.71. The zero-order chi connectivity index (χ0) is 14.7. The van der Waals surface area contributed by atoms with Crippen LogP contribution in [0.25, 0.3) is 0 Å². The Labute approximate surface area is 133 Å². The average Bonchev–Trinajstić information content (AvgIpc) is 2.52. The second-order valence-electron chi connectivity index (χ2n) is 5.13. The van der Waals surface area contributed by atoms with Crippen LogP contribution in [0.2, 0.25) is 0 Å². The first-order valence-electron chi connectivity index (χ1n) is 7.06. The van der Waals surface area contributed by atoms with Crippen LogP contribution in [0.5, 0.6) is 11.5 Å². The number of fused-ring (bicyclic) bond motifs is 1. The van der Waals surface area contributed by atoms with Gasteiger partial charge in [0.15, 0.2) is 0 Å². The Kier molecular flexibility index (Phi) is 4.34. The molecule has 1 aliphatic heterocycles. The second-order valence-corrected chi connectivity index (χ2v) is 6.05. The molecule has 0 radical (unpaired) electrons. The van der Waals surface area contributed by atoms with Gasteiger partial charge in [0, 0.05) is 28.7 Å². The maximum absolute atomic E-state index is 5.71. The van der Waals surface area contributed by atoms with Crippen LogP contribution >= 0.6 is 15.9 Å². The Morgan fingerprint density at radius 3 is 3.00 bits per heavy atom. The summed E-state index contributed by atoms with van der Waals surface area (Å²) >= 11 is 3.51. The minimum Gasteiger partial charge on any atom is -0.497 e. The van der Waals surface area contributed by atoms with E-state index in [1.807, 2.05) is 24.3 Å². The highest BCUT2D eigenvalue weighted by atomic mass is 79.9. The lowest BCUT2D eigenvalue weighted by atomic mass is 9.93. The highest BCUT2D eigenvalue weighted by molar-refractivity contribution is 9.10. The van der Waals surface area contributed by atoms with Gasteiger partial charge < -0.3 is 14.8 Å². The lowest BCUT2D eigenvalue weighted by molar-refractivity contribution is 0.270. The second kappa shape index (κ2) is 6.39. The molecule has 0 bridgehead atoms. The van der Waals surface area contributed by atoms with Gasteiger partial charge >= 0.3 is 0 Å². The van der Waals surface area contributed by atoms with Crippen molar-refractivity contribution in [2.45, 2.75) is 12.3 Å². The summed E-state index contributed by atoms with van der Waals surface area (Å²) in [6.07, 6.45) is 1.04. The van der Waals surface area contributed by atoms with Crippen LogP contribution in [0, 0.1) is 0 Å². The van der Waals surface area contributed by atoms with Crippen LogP contribution < -0.4 is 14.8 Å². The third kappa shape index (κ3) is 3.32. The topological polar surface area (TPSA) is 30.5 Å². The van der Waals surface area contributed by atoms with E-state index in [2.05, 4.69) is 39.4 Å². The molecule has 1 N–H and O–H groups in total. The quantitative estimate of drug-likeness (QED) is 0.886. The van der Waals surface area contributed by atoms with Crippen molar-refractivity contribution in [3.63, 3.8) is 0 Å². The summed E-state index contributed by atoms with van der Waals surface area (Å²) < 4.78 is 12.0. The molecule has 1 aliphatic rings. The number of hydrogen-bond donors (Lipinski definition) is 1. The number of ether oxygens (including phenoxy) is 2. The first-order chi connectivity index (χ1) is 10.3. The van der Waals surface area contributed by atoms with Crippen LogP contribution in [-0.2, 0) is 0 Å². The Morgan fingerprint density at radius 2 is 2.14 bits per heavy atom. The standard InChI is InChI=1S/C17H18BrNO2/c1-20-15-9-13(18)8-14(10-15)19-11-12-6-7-21-17-5-3-2-4-16(12)17/h2-5,8-10,12,19H,6-7,11H2,1H3. The lowest BCUT2D eigenvalue weighted by Gasteiger charge is -2.26. The summed E-state index contributed by atoms with van der Waals surface area (Å²) in [5.41, 5.74) is 2.35. The van der Waals surface area contributed by atoms with Crippen molar-refractivity contribution in [1.82, 2.24) is 0 Å². The molecule has 1 unspecified atom stereocenters. The fourth-order valence-corrected chi connectivity index (χ4v) is 3.12. The predicted octanol–water partition coefficient (Wildman–Crippen LogP) is 4.44. The van der Waals surface area contributed by atoms with Gasteiger partial charge in [0.2, 0.25) is 0 Å². The van der Waals surface area contributed by atoms with E-state index in [0.29, 0.717) is 5.92 Å². The Morgan fingerprint density at radius 1 is 1.29 bits per heavy atom. The third-order valence-corrected chi connectivity index (χ3v) is 4.20. The van der Waals surface area contributed by atoms with Crippen LogP contribution in [0.3, 0.4) is 0 Å². The summed E-state index contributed by atoms with van der Waals surface area (Å²) in [6, 6.07) is 14.3. The molecule has 4 heteroatoms. The van der Waals surface area contributed by atoms with Gasteiger partial charge in [-0.15, -0.1) is 0 Å². The number of halogens is 1. The Balaban J connectivity index is 1.73. The fourth-order valence-electron chi connectivity index (χ4n) is 2.65. The highest BCUT2D eigenvalue weighted by Gasteiger charge is 2.20. The van der Waals surface area contributed by atoms with E-state index in [0.717, 1.165) is 41.2 Å². The zero-order valence-corrected chi connectivity index (χ0v) is 13.5. The van der Waals surface area contributed by atoms with Crippen LogP contribution in [0.1, 0.15) is 17.9 Å². The van der Waals surface area contributed by atoms with E-state index in [-0.39, 0.29) is 0 Å². The largest absolute Gasteiger partial charge is 0.497 e. The fraction of sp³-hybridized carbons (Fsp3) is 0.294. The zero-order valence-electron chi connectivity index (χ0n) is 11.9. The van der Waals surface area contributed by atoms with Crippen molar-refractivity contribution in [2.75, 3.05) is 25.6 Å². The third-order valence-electron chi connectivity index (χ3n) is 3.74. The summed E-state index contributed by atoms with van der Waals surface area (Å²) in [7, 11) is 1.68. The van der Waals surface area contributed by atoms with E-state index in [4.69, 9.17) is 9.47 Å². The summed E-state index contributed by atoms with van der Waals surface area (Å²) in [5.74, 6) is 2.33. The molecule has 0 aromatic heterocycles. The van der Waals surface area contributed by atoms with E-state index in [1.165, 1.54) is 5.56 Å². The molecule has 21 heavy (non-hydrogen) atoms. The van der Waals surface area contributed by atoms with Gasteiger partial charge in [0.25, 0.3) is 0 Å². The van der Waals surface area contributed by atoms with Crippen molar-refractivity contribution < 1.29 is 9.47 Å². The molecule has 0 spiro atoms. The predicted molar refractivity (Wildman–Crippen MR) is 88.5 cm³/mol. The van der Waals surface area contributed by atoms with Crippen LogP contribution in [0.15, 0.2) is 46.9 Å². The number of anilines is 1. The molecule has 0 amide bonds. The smallest absolute Gasteiger partial charge is 0.122 e. The first-order valence-corrected chi connectivity index (χ1v) is 7.86. The van der Waals surface area contributed by atoms with Gasteiger partial charge in [0.1, 0.15) is 11.5 Å². The first kappa shape index (κ1) is 14.3. The van der Waals surface area contributed by atoms with Crippen molar-refractivity contribution in [3.05, 3.63) is 52.5 Å². The average molecular weight is 348 g/mol. The van der Waals surface area contributed by atoms with Crippen molar-refractivity contribution in [2.24, 2.45) is 0 Å². The van der Waals surface area contributed by atoms with Crippen molar-refractivity contribution in [3.8, 4) is 11.5 Å². The van der Waals surface area contributed by atoms with Gasteiger partial charge in [-0.3, -0.25) is 0 Å². The van der Waals surface area contributed by atoms with Crippen LogP contribution in [0.4, 0.5) is 5.69 Å². The molecule has 2 aromatic rings. The van der Waals surface area contributed by atoms with E-state index in [9.17, 15) is 0 Å². The monoisotopic (exact) mass is 347 g/mol. The molecular weight excluding hydrogens is 330 g/mol. The summed E-state index contributed by atoms with van der Waals surface area (Å²) in [6.45, 7) is 1.67. The van der Waals surface area contributed by atoms with Gasteiger partial charge in [-0.1, -0.05) is 34.1 Å². The molecule has 0 aliphatic carbocycles. The van der Waals surface area contributed by atoms with E-state index >= 15 is 0 Å². The van der Waals surface area contributed by atoms with E-state index < -0.39 is 0 Å². The number of para-hydroxylation sites is 1. The maximum Gasteiger partial charge on any atom is 0.122 e. The Bertz CT molecular complexity index is 630. The van der Waals surface area contributed by atoms with Crippen molar-refractivity contribution >= 4 is 21.6 Å². The molecule has 0 fully saturated rings. The Hall–Kier alpha value is -1.68. The van der Waals surface area contributed by atoms with Gasteiger partial charge in [-0.05, 0) is 30.2 Å². The van der Waals surface area contributed by atoms with E-state index in [1.54, 1.807) is 7.11 Å². The van der Waals surface area contributed by atoms with Crippen molar-refractivity contribution in [1.29, 1.82) is 0 Å². The lowest BCUT2D eigenvalue weighted by Crippen LogP contribution is -2.20. The highest BCUT2D eigenvalue weighted by Crippen LogP contribution is 2.34. The molecule has 1 atom stereocenters. The van der Waals surface area contributed by atoms with Gasteiger partial charge in [-0.25, -0.2) is 0 Å².